The van der Waals surface area contributed by atoms with Crippen molar-refractivity contribution in [1.82, 2.24) is 9.80 Å². The van der Waals surface area contributed by atoms with E-state index in [0.717, 1.165) is 45.4 Å². The minimum Gasteiger partial charge on any atom is -0.394 e. The van der Waals surface area contributed by atoms with Crippen molar-refractivity contribution in [2.45, 2.75) is 44.1 Å². The molecule has 1 amide bonds. The van der Waals surface area contributed by atoms with Gasteiger partial charge in [0.2, 0.25) is 5.91 Å². The monoisotopic (exact) mass is 372 g/mol. The number of benzene rings is 1. The Labute approximate surface area is 162 Å². The van der Waals surface area contributed by atoms with Crippen LogP contribution in [0.25, 0.3) is 0 Å². The summed E-state index contributed by atoms with van der Waals surface area (Å²) in [6, 6.07) is 10.9. The molecule has 2 aliphatic heterocycles. The number of carbonyl (C=O) groups is 1. The molecule has 4 rings (SSSR count). The first-order chi connectivity index (χ1) is 13.2. The molecule has 1 aromatic carbocycles. The van der Waals surface area contributed by atoms with E-state index in [2.05, 4.69) is 34.1 Å². The highest BCUT2D eigenvalue weighted by molar-refractivity contribution is 5.85. The Morgan fingerprint density at radius 3 is 2.52 bits per heavy atom. The molecule has 27 heavy (non-hydrogen) atoms. The van der Waals surface area contributed by atoms with Crippen LogP contribution >= 0.6 is 0 Å². The third-order valence-corrected chi connectivity index (χ3v) is 6.62. The highest BCUT2D eigenvalue weighted by atomic mass is 16.5. The third kappa shape index (κ3) is 4.36. The van der Waals surface area contributed by atoms with E-state index in [1.807, 2.05) is 6.07 Å². The van der Waals surface area contributed by atoms with E-state index in [1.54, 1.807) is 0 Å². The predicted molar refractivity (Wildman–Crippen MR) is 105 cm³/mol. The normalized spacial score (nSPS) is 25.9. The molecule has 1 saturated carbocycles. The Morgan fingerprint density at radius 2 is 1.85 bits per heavy atom. The van der Waals surface area contributed by atoms with Crippen LogP contribution in [0.4, 0.5) is 0 Å². The molecule has 0 bridgehead atoms. The lowest BCUT2D eigenvalue weighted by atomic mass is 9.67. The van der Waals surface area contributed by atoms with Crippen molar-refractivity contribution in [3.8, 4) is 0 Å². The van der Waals surface area contributed by atoms with Gasteiger partial charge in [-0.3, -0.25) is 4.79 Å². The molecular formula is C22H32N2O3. The molecule has 0 unspecified atom stereocenters. The topological polar surface area (TPSA) is 53.0 Å². The highest BCUT2D eigenvalue weighted by Crippen LogP contribution is 2.48. The van der Waals surface area contributed by atoms with Crippen LogP contribution in [0.15, 0.2) is 30.3 Å². The molecule has 1 aliphatic carbocycles. The first kappa shape index (κ1) is 18.9. The van der Waals surface area contributed by atoms with Gasteiger partial charge in [-0.05, 0) is 56.2 Å². The lowest BCUT2D eigenvalue weighted by Gasteiger charge is -2.50. The smallest absolute Gasteiger partial charge is 0.230 e. The second-order valence-corrected chi connectivity index (χ2v) is 8.54. The first-order valence-electron chi connectivity index (χ1n) is 10.5. The molecule has 1 aromatic rings. The molecule has 0 radical (unpaired) electrons. The van der Waals surface area contributed by atoms with Crippen molar-refractivity contribution in [2.75, 3.05) is 46.0 Å². The Balaban J connectivity index is 1.42. The second-order valence-electron chi connectivity index (χ2n) is 8.54. The lowest BCUT2D eigenvalue weighted by molar-refractivity contribution is -0.142. The molecule has 5 nitrogen and oxygen atoms in total. The molecule has 3 fully saturated rings. The average Bonchev–Trinajstić information content (AvgIpc) is 3.54. The standard InChI is InChI=1S/C22H32N2O3/c25-13-15-27-14-12-23-10-8-22(9-11-23)16-20(18-4-2-1-3-5-18)21(26)24(17-22)19-6-7-19/h1-5,19-20,25H,6-17H2/t20-/m1/s1. The lowest BCUT2D eigenvalue weighted by Crippen LogP contribution is -2.54. The van der Waals surface area contributed by atoms with Gasteiger partial charge in [-0.1, -0.05) is 30.3 Å². The van der Waals surface area contributed by atoms with Gasteiger partial charge in [0.25, 0.3) is 0 Å². The molecule has 3 aliphatic rings. The van der Waals surface area contributed by atoms with E-state index in [1.165, 1.54) is 18.4 Å². The number of rotatable bonds is 7. The van der Waals surface area contributed by atoms with Gasteiger partial charge < -0.3 is 19.6 Å². The fourth-order valence-electron chi connectivity index (χ4n) is 4.84. The zero-order valence-electron chi connectivity index (χ0n) is 16.2. The van der Waals surface area contributed by atoms with E-state index >= 15 is 0 Å². The molecule has 1 atom stereocenters. The molecule has 2 heterocycles. The van der Waals surface area contributed by atoms with Crippen molar-refractivity contribution in [2.24, 2.45) is 5.41 Å². The number of carbonyl (C=O) groups excluding carboxylic acids is 1. The minimum atomic E-state index is 0.0278. The summed E-state index contributed by atoms with van der Waals surface area (Å²) in [5.74, 6) is 0.383. The molecule has 5 heteroatoms. The Hall–Kier alpha value is -1.43. The minimum absolute atomic E-state index is 0.0278. The molecule has 1 spiro atoms. The number of aliphatic hydroxyl groups excluding tert-OH is 1. The predicted octanol–water partition coefficient (Wildman–Crippen LogP) is 2.26. The quantitative estimate of drug-likeness (QED) is 0.746. The Kier molecular flexibility index (Phi) is 5.81. The van der Waals surface area contributed by atoms with Crippen LogP contribution in [0.5, 0.6) is 0 Å². The maximum absolute atomic E-state index is 13.2. The van der Waals surface area contributed by atoms with E-state index in [9.17, 15) is 4.79 Å². The van der Waals surface area contributed by atoms with Crippen molar-refractivity contribution in [1.29, 1.82) is 0 Å². The van der Waals surface area contributed by atoms with E-state index in [-0.39, 0.29) is 17.9 Å². The van der Waals surface area contributed by atoms with E-state index in [4.69, 9.17) is 9.84 Å². The van der Waals surface area contributed by atoms with Crippen molar-refractivity contribution in [3.63, 3.8) is 0 Å². The third-order valence-electron chi connectivity index (χ3n) is 6.62. The SMILES string of the molecule is O=C1[C@@H](c2ccccc2)CC2(CCN(CCOCCO)CC2)CN1C1CC1. The van der Waals surface area contributed by atoms with Gasteiger partial charge in [-0.2, -0.15) is 0 Å². The molecule has 0 aromatic heterocycles. The summed E-state index contributed by atoms with van der Waals surface area (Å²) in [5.41, 5.74) is 1.45. The summed E-state index contributed by atoms with van der Waals surface area (Å²) in [4.78, 5) is 17.9. The van der Waals surface area contributed by atoms with Gasteiger partial charge in [-0.25, -0.2) is 0 Å². The van der Waals surface area contributed by atoms with Crippen LogP contribution in [-0.4, -0.2) is 72.9 Å². The summed E-state index contributed by atoms with van der Waals surface area (Å²) in [5, 5.41) is 8.81. The average molecular weight is 373 g/mol. The fraction of sp³-hybridized carbons (Fsp3) is 0.682. The number of piperidine rings is 2. The van der Waals surface area contributed by atoms with Crippen LogP contribution in [0.1, 0.15) is 43.6 Å². The van der Waals surface area contributed by atoms with Gasteiger partial charge in [0.1, 0.15) is 0 Å². The Morgan fingerprint density at radius 1 is 1.11 bits per heavy atom. The van der Waals surface area contributed by atoms with Crippen molar-refractivity contribution < 1.29 is 14.6 Å². The van der Waals surface area contributed by atoms with Crippen LogP contribution in [0.3, 0.4) is 0 Å². The van der Waals surface area contributed by atoms with Gasteiger partial charge in [0.05, 0.1) is 25.7 Å². The zero-order valence-corrected chi connectivity index (χ0v) is 16.2. The summed E-state index contributed by atoms with van der Waals surface area (Å²) < 4.78 is 5.42. The zero-order chi connectivity index (χ0) is 18.7. The van der Waals surface area contributed by atoms with Crippen molar-refractivity contribution >= 4 is 5.91 Å². The maximum atomic E-state index is 13.2. The Bertz CT molecular complexity index is 624. The number of likely N-dealkylation sites (tertiary alicyclic amines) is 2. The number of aliphatic hydroxyl groups is 1. The highest BCUT2D eigenvalue weighted by Gasteiger charge is 2.49. The van der Waals surface area contributed by atoms with Crippen molar-refractivity contribution in [3.05, 3.63) is 35.9 Å². The number of amides is 1. The van der Waals surface area contributed by atoms with Crippen LogP contribution in [0.2, 0.25) is 0 Å². The number of nitrogens with zero attached hydrogens (tertiary/aromatic N) is 2. The maximum Gasteiger partial charge on any atom is 0.230 e. The van der Waals surface area contributed by atoms with Gasteiger partial charge >= 0.3 is 0 Å². The van der Waals surface area contributed by atoms with Crippen LogP contribution in [0, 0.1) is 5.41 Å². The number of ether oxygens (including phenoxy) is 1. The summed E-state index contributed by atoms with van der Waals surface area (Å²) in [6.45, 7) is 5.25. The van der Waals surface area contributed by atoms with Gasteiger partial charge in [0.15, 0.2) is 0 Å². The van der Waals surface area contributed by atoms with E-state index in [0.29, 0.717) is 25.2 Å². The van der Waals surface area contributed by atoms with Gasteiger partial charge in [-0.15, -0.1) is 0 Å². The number of hydrogen-bond donors (Lipinski definition) is 1. The van der Waals surface area contributed by atoms with Gasteiger partial charge in [0, 0.05) is 19.1 Å². The molecular weight excluding hydrogens is 340 g/mol. The summed E-state index contributed by atoms with van der Waals surface area (Å²) >= 11 is 0. The van der Waals surface area contributed by atoms with Crippen LogP contribution in [-0.2, 0) is 9.53 Å². The second kappa shape index (κ2) is 8.29. The summed E-state index contributed by atoms with van der Waals surface area (Å²) in [6.07, 6.45) is 5.67. The first-order valence-corrected chi connectivity index (χ1v) is 10.5. The molecule has 148 valence electrons. The molecule has 2 saturated heterocycles. The number of hydrogen-bond acceptors (Lipinski definition) is 4. The largest absolute Gasteiger partial charge is 0.394 e. The fourth-order valence-corrected chi connectivity index (χ4v) is 4.84. The molecule has 1 N–H and O–H groups in total. The van der Waals surface area contributed by atoms with E-state index < -0.39 is 0 Å². The summed E-state index contributed by atoms with van der Waals surface area (Å²) in [7, 11) is 0. The van der Waals surface area contributed by atoms with Crippen LogP contribution < -0.4 is 0 Å².